The summed E-state index contributed by atoms with van der Waals surface area (Å²) < 4.78 is 8.24. The maximum absolute atomic E-state index is 12.0. The van der Waals surface area contributed by atoms with Crippen molar-refractivity contribution in [3.63, 3.8) is 0 Å². The van der Waals surface area contributed by atoms with E-state index in [0.29, 0.717) is 5.56 Å². The Morgan fingerprint density at radius 3 is 2.52 bits per heavy atom. The van der Waals surface area contributed by atoms with Crippen LogP contribution in [0.4, 0.5) is 5.13 Å². The minimum Gasteiger partial charge on any atom is -0.463 e. The van der Waals surface area contributed by atoms with Crippen molar-refractivity contribution >= 4 is 34.3 Å². The number of rotatable bonds is 6. The average Bonchev–Trinajstić information content (AvgIpc) is 3.01. The zero-order chi connectivity index (χ0) is 16.8. The van der Waals surface area contributed by atoms with Gasteiger partial charge in [-0.15, -0.1) is 0 Å². The van der Waals surface area contributed by atoms with Crippen LogP contribution in [0.25, 0.3) is 0 Å². The van der Waals surface area contributed by atoms with Crippen LogP contribution in [0.5, 0.6) is 0 Å². The molecule has 1 aromatic heterocycles. The summed E-state index contributed by atoms with van der Waals surface area (Å²) in [6.45, 7) is 1.94. The van der Waals surface area contributed by atoms with Gasteiger partial charge in [0.1, 0.15) is 0 Å². The Morgan fingerprint density at radius 1 is 1.17 bits per heavy atom. The van der Waals surface area contributed by atoms with Crippen LogP contribution in [0.1, 0.15) is 39.4 Å². The summed E-state index contributed by atoms with van der Waals surface area (Å²) in [5.74, 6) is -1.24. The largest absolute Gasteiger partial charge is 0.463 e. The molecule has 0 saturated carbocycles. The highest BCUT2D eigenvalue weighted by atomic mass is 32.1. The van der Waals surface area contributed by atoms with Gasteiger partial charge in [-0.25, -0.2) is 4.79 Å². The first-order chi connectivity index (χ1) is 11.0. The van der Waals surface area contributed by atoms with Gasteiger partial charge < -0.3 is 10.1 Å². The van der Waals surface area contributed by atoms with E-state index in [1.165, 1.54) is 7.11 Å². The minimum atomic E-state index is -0.670. The zero-order valence-electron chi connectivity index (χ0n) is 12.7. The molecule has 0 aliphatic heterocycles. The first kappa shape index (κ1) is 16.8. The van der Waals surface area contributed by atoms with Gasteiger partial charge in [0.25, 0.3) is 5.82 Å². The molecular weight excluding hydrogens is 318 g/mol. The van der Waals surface area contributed by atoms with Crippen molar-refractivity contribution in [3.05, 3.63) is 41.2 Å². The Hall–Kier alpha value is -2.61. The molecular formula is C15H15N3O4S. The van der Waals surface area contributed by atoms with E-state index >= 15 is 0 Å². The number of ketones is 1. The van der Waals surface area contributed by atoms with E-state index in [2.05, 4.69) is 19.4 Å². The molecule has 0 atom stereocenters. The molecule has 0 saturated heterocycles. The number of esters is 1. The van der Waals surface area contributed by atoms with Crippen LogP contribution in [0.2, 0.25) is 0 Å². The van der Waals surface area contributed by atoms with Gasteiger partial charge in [0, 0.05) is 29.9 Å². The van der Waals surface area contributed by atoms with E-state index in [1.54, 1.807) is 12.1 Å². The summed E-state index contributed by atoms with van der Waals surface area (Å²) in [4.78, 5) is 38.8. The van der Waals surface area contributed by atoms with Crippen LogP contribution in [0.15, 0.2) is 24.3 Å². The lowest BCUT2D eigenvalue weighted by Crippen LogP contribution is -2.13. The second-order valence-electron chi connectivity index (χ2n) is 4.75. The zero-order valence-corrected chi connectivity index (χ0v) is 13.5. The molecule has 0 aliphatic rings. The third kappa shape index (κ3) is 4.68. The lowest BCUT2D eigenvalue weighted by Gasteiger charge is -2.02. The van der Waals surface area contributed by atoms with Crippen molar-refractivity contribution in [1.29, 1.82) is 0 Å². The van der Waals surface area contributed by atoms with Gasteiger partial charge in [-0.05, 0) is 6.92 Å². The number of nitrogens with one attached hydrogen (secondary N) is 1. The smallest absolute Gasteiger partial charge is 0.377 e. The van der Waals surface area contributed by atoms with Crippen LogP contribution < -0.4 is 5.32 Å². The summed E-state index contributed by atoms with van der Waals surface area (Å²) in [5, 5.41) is 2.70. The number of nitrogens with zero attached hydrogens (tertiary/aromatic N) is 2. The van der Waals surface area contributed by atoms with E-state index in [4.69, 9.17) is 0 Å². The average molecular weight is 333 g/mol. The number of methoxy groups -OCH3 is 1. The third-order valence-corrected chi connectivity index (χ3v) is 3.62. The minimum absolute atomic E-state index is 0.0276. The standard InChI is InChI=1S/C15H15N3O4S/c1-9-3-5-10(6-4-9)11(19)7-8-12(20)16-15-17-13(18-23-15)14(21)22-2/h3-6H,7-8H2,1-2H3,(H,16,17,18,20). The van der Waals surface area contributed by atoms with Crippen LogP contribution >= 0.6 is 11.5 Å². The molecule has 8 heteroatoms. The quantitative estimate of drug-likeness (QED) is 0.643. The predicted molar refractivity (Wildman–Crippen MR) is 84.6 cm³/mol. The number of amides is 1. The summed E-state index contributed by atoms with van der Waals surface area (Å²) >= 11 is 0.875. The number of benzene rings is 1. The molecule has 0 aliphatic carbocycles. The monoisotopic (exact) mass is 333 g/mol. The van der Waals surface area contributed by atoms with Gasteiger partial charge in [-0.2, -0.15) is 9.36 Å². The summed E-state index contributed by atoms with van der Waals surface area (Å²) in [7, 11) is 1.22. The number of aromatic nitrogens is 2. The number of aryl methyl sites for hydroxylation is 1. The topological polar surface area (TPSA) is 98.2 Å². The lowest BCUT2D eigenvalue weighted by atomic mass is 10.1. The number of hydrogen-bond acceptors (Lipinski definition) is 7. The van der Waals surface area contributed by atoms with Gasteiger partial charge in [0.15, 0.2) is 5.78 Å². The first-order valence-corrected chi connectivity index (χ1v) is 7.58. The SMILES string of the molecule is COC(=O)c1nsc(NC(=O)CCC(=O)c2ccc(C)cc2)n1. The Kier molecular flexibility index (Phi) is 5.53. The van der Waals surface area contributed by atoms with Crippen molar-refractivity contribution in [1.82, 2.24) is 9.36 Å². The highest BCUT2D eigenvalue weighted by Crippen LogP contribution is 2.13. The Bertz CT molecular complexity index is 725. The van der Waals surface area contributed by atoms with E-state index in [1.807, 2.05) is 19.1 Å². The first-order valence-electron chi connectivity index (χ1n) is 6.81. The number of Topliss-reactive ketones (excluding diaryl/α,β-unsaturated/α-hetero) is 1. The van der Waals surface area contributed by atoms with Gasteiger partial charge in [-0.3, -0.25) is 9.59 Å². The van der Waals surface area contributed by atoms with Gasteiger partial charge in [0.05, 0.1) is 7.11 Å². The molecule has 0 bridgehead atoms. The molecule has 1 aromatic carbocycles. The Balaban J connectivity index is 1.85. The second kappa shape index (κ2) is 7.59. The van der Waals surface area contributed by atoms with E-state index in [9.17, 15) is 14.4 Å². The molecule has 0 unspecified atom stereocenters. The number of ether oxygens (including phenoxy) is 1. The number of carbonyl (C=O) groups excluding carboxylic acids is 3. The molecule has 23 heavy (non-hydrogen) atoms. The van der Waals surface area contributed by atoms with Gasteiger partial charge in [-0.1, -0.05) is 29.8 Å². The van der Waals surface area contributed by atoms with Gasteiger partial charge in [0.2, 0.25) is 11.0 Å². The fourth-order valence-electron chi connectivity index (χ4n) is 1.74. The number of anilines is 1. The molecule has 2 aromatic rings. The summed E-state index contributed by atoms with van der Waals surface area (Å²) in [6.07, 6.45) is 0.122. The highest BCUT2D eigenvalue weighted by Gasteiger charge is 2.15. The Morgan fingerprint density at radius 2 is 1.87 bits per heavy atom. The van der Waals surface area contributed by atoms with Crippen molar-refractivity contribution in [2.75, 3.05) is 12.4 Å². The molecule has 2 rings (SSSR count). The van der Waals surface area contributed by atoms with Crippen molar-refractivity contribution in [2.24, 2.45) is 0 Å². The summed E-state index contributed by atoms with van der Waals surface area (Å²) in [5.41, 5.74) is 1.64. The van der Waals surface area contributed by atoms with Crippen LogP contribution in [0.3, 0.4) is 0 Å². The molecule has 120 valence electrons. The maximum atomic E-state index is 12.0. The highest BCUT2D eigenvalue weighted by molar-refractivity contribution is 7.10. The van der Waals surface area contributed by atoms with Crippen LogP contribution in [-0.4, -0.2) is 34.1 Å². The molecule has 0 radical (unpaired) electrons. The Labute approximate surface area is 136 Å². The van der Waals surface area contributed by atoms with Crippen molar-refractivity contribution in [3.8, 4) is 0 Å². The normalized spacial score (nSPS) is 10.2. The van der Waals surface area contributed by atoms with E-state index in [-0.39, 0.29) is 35.5 Å². The molecule has 1 amide bonds. The fourth-order valence-corrected chi connectivity index (χ4v) is 2.32. The summed E-state index contributed by atoms with van der Waals surface area (Å²) in [6, 6.07) is 7.18. The molecule has 0 spiro atoms. The molecule has 7 nitrogen and oxygen atoms in total. The van der Waals surface area contributed by atoms with Crippen LogP contribution in [-0.2, 0) is 9.53 Å². The second-order valence-corrected chi connectivity index (χ2v) is 5.50. The number of hydrogen-bond donors (Lipinski definition) is 1. The lowest BCUT2D eigenvalue weighted by molar-refractivity contribution is -0.116. The maximum Gasteiger partial charge on any atom is 0.377 e. The molecule has 1 N–H and O–H groups in total. The molecule has 0 fully saturated rings. The van der Waals surface area contributed by atoms with Gasteiger partial charge >= 0.3 is 5.97 Å². The number of carbonyl (C=O) groups is 3. The predicted octanol–water partition coefficient (Wildman–Crippen LogP) is 2.23. The van der Waals surface area contributed by atoms with Crippen LogP contribution in [0, 0.1) is 6.92 Å². The van der Waals surface area contributed by atoms with Crippen molar-refractivity contribution < 1.29 is 19.1 Å². The fraction of sp³-hybridized carbons (Fsp3) is 0.267. The van der Waals surface area contributed by atoms with E-state index in [0.717, 1.165) is 17.1 Å². The van der Waals surface area contributed by atoms with Crippen molar-refractivity contribution in [2.45, 2.75) is 19.8 Å². The molecule has 1 heterocycles. The third-order valence-electron chi connectivity index (χ3n) is 2.99. The van der Waals surface area contributed by atoms with E-state index < -0.39 is 5.97 Å².